The van der Waals surface area contributed by atoms with Gasteiger partial charge < -0.3 is 9.84 Å². The number of carbonyl (C=O) groups excluding carboxylic acids is 1. The molecule has 1 unspecified atom stereocenters. The number of aliphatic hydroxyl groups is 1. The highest BCUT2D eigenvalue weighted by Gasteiger charge is 2.58. The number of hydrogen-bond donors (Lipinski definition) is 1. The first-order valence-corrected chi connectivity index (χ1v) is 8.19. The highest BCUT2D eigenvalue weighted by Crippen LogP contribution is 2.46. The Morgan fingerprint density at radius 1 is 1.23 bits per heavy atom. The molecule has 1 aliphatic heterocycles. The molecule has 2 aliphatic rings. The summed E-state index contributed by atoms with van der Waals surface area (Å²) in [6.45, 7) is 3.73. The third-order valence-electron chi connectivity index (χ3n) is 4.86. The second kappa shape index (κ2) is 5.67. The SMILES string of the molecule is CC1(C)OC2(CCCCC2)N(C(=O)Cc2ccccc2)C1O. The molecule has 1 spiro atoms. The number of rotatable bonds is 2. The van der Waals surface area contributed by atoms with Crippen molar-refractivity contribution in [3.8, 4) is 0 Å². The molecule has 1 saturated heterocycles. The van der Waals surface area contributed by atoms with Gasteiger partial charge in [0.05, 0.1) is 6.42 Å². The summed E-state index contributed by atoms with van der Waals surface area (Å²) in [5, 5.41) is 10.7. The Kier molecular flexibility index (Phi) is 4.00. The average molecular weight is 303 g/mol. The predicted molar refractivity (Wildman–Crippen MR) is 84.0 cm³/mol. The number of amides is 1. The molecule has 0 aromatic heterocycles. The van der Waals surface area contributed by atoms with Crippen molar-refractivity contribution in [2.24, 2.45) is 0 Å². The van der Waals surface area contributed by atoms with E-state index in [4.69, 9.17) is 4.74 Å². The first-order valence-electron chi connectivity index (χ1n) is 8.19. The molecule has 22 heavy (non-hydrogen) atoms. The average Bonchev–Trinajstić information content (AvgIpc) is 2.67. The lowest BCUT2D eigenvalue weighted by Crippen LogP contribution is -2.53. The summed E-state index contributed by atoms with van der Waals surface area (Å²) >= 11 is 0. The van der Waals surface area contributed by atoms with Gasteiger partial charge in [-0.15, -0.1) is 0 Å². The van der Waals surface area contributed by atoms with Crippen molar-refractivity contribution >= 4 is 5.91 Å². The van der Waals surface area contributed by atoms with Crippen LogP contribution in [0.1, 0.15) is 51.5 Å². The first-order chi connectivity index (χ1) is 10.4. The monoisotopic (exact) mass is 303 g/mol. The summed E-state index contributed by atoms with van der Waals surface area (Å²) < 4.78 is 6.22. The fourth-order valence-corrected chi connectivity index (χ4v) is 3.79. The lowest BCUT2D eigenvalue weighted by Gasteiger charge is -2.40. The molecular formula is C18H25NO3. The summed E-state index contributed by atoms with van der Waals surface area (Å²) in [5.41, 5.74) is -0.369. The first kappa shape index (κ1) is 15.5. The van der Waals surface area contributed by atoms with Gasteiger partial charge in [0.15, 0.2) is 6.23 Å². The van der Waals surface area contributed by atoms with Gasteiger partial charge in [-0.25, -0.2) is 0 Å². The fourth-order valence-electron chi connectivity index (χ4n) is 3.79. The minimum Gasteiger partial charge on any atom is -0.370 e. The van der Waals surface area contributed by atoms with Crippen LogP contribution in [0.15, 0.2) is 30.3 Å². The van der Waals surface area contributed by atoms with Gasteiger partial charge in [0, 0.05) is 0 Å². The van der Waals surface area contributed by atoms with E-state index in [2.05, 4.69) is 0 Å². The van der Waals surface area contributed by atoms with Crippen LogP contribution in [0.4, 0.5) is 0 Å². The molecule has 4 nitrogen and oxygen atoms in total. The quantitative estimate of drug-likeness (QED) is 0.914. The smallest absolute Gasteiger partial charge is 0.231 e. The number of aliphatic hydroxyl groups excluding tert-OH is 1. The Bertz CT molecular complexity index is 535. The van der Waals surface area contributed by atoms with Crippen molar-refractivity contribution in [3.05, 3.63) is 35.9 Å². The van der Waals surface area contributed by atoms with Crippen LogP contribution in [0.3, 0.4) is 0 Å². The third-order valence-corrected chi connectivity index (χ3v) is 4.86. The minimum absolute atomic E-state index is 0.0498. The lowest BCUT2D eigenvalue weighted by atomic mass is 9.90. The molecule has 1 N–H and O–H groups in total. The molecule has 3 rings (SSSR count). The van der Waals surface area contributed by atoms with Crippen molar-refractivity contribution in [1.82, 2.24) is 4.90 Å². The van der Waals surface area contributed by atoms with Crippen LogP contribution in [-0.4, -0.2) is 33.5 Å². The zero-order chi connectivity index (χ0) is 15.8. The number of nitrogens with zero attached hydrogens (tertiary/aromatic N) is 1. The number of ether oxygens (including phenoxy) is 1. The molecule has 1 heterocycles. The molecule has 1 aromatic carbocycles. The largest absolute Gasteiger partial charge is 0.370 e. The van der Waals surface area contributed by atoms with Gasteiger partial charge >= 0.3 is 0 Å². The molecule has 0 radical (unpaired) electrons. The van der Waals surface area contributed by atoms with Gasteiger partial charge in [-0.3, -0.25) is 9.69 Å². The Morgan fingerprint density at radius 3 is 2.50 bits per heavy atom. The van der Waals surface area contributed by atoms with Crippen molar-refractivity contribution in [1.29, 1.82) is 0 Å². The molecule has 1 aromatic rings. The lowest BCUT2D eigenvalue weighted by molar-refractivity contribution is -0.168. The van der Waals surface area contributed by atoms with Gasteiger partial charge in [-0.05, 0) is 45.1 Å². The maximum atomic E-state index is 12.9. The highest BCUT2D eigenvalue weighted by atomic mass is 16.6. The van der Waals surface area contributed by atoms with E-state index in [1.165, 1.54) is 6.42 Å². The van der Waals surface area contributed by atoms with Crippen LogP contribution < -0.4 is 0 Å². The van der Waals surface area contributed by atoms with Gasteiger partial charge in [0.25, 0.3) is 0 Å². The molecule has 120 valence electrons. The van der Waals surface area contributed by atoms with Gasteiger partial charge in [-0.2, -0.15) is 0 Å². The fraction of sp³-hybridized carbons (Fsp3) is 0.611. The Balaban J connectivity index is 1.86. The molecule has 1 atom stereocenters. The second-order valence-corrected chi connectivity index (χ2v) is 7.01. The molecular weight excluding hydrogens is 278 g/mol. The molecule has 4 heteroatoms. The van der Waals surface area contributed by atoms with Crippen LogP contribution >= 0.6 is 0 Å². The summed E-state index contributed by atoms with van der Waals surface area (Å²) in [5.74, 6) is -0.0498. The normalized spacial score (nSPS) is 26.3. The maximum Gasteiger partial charge on any atom is 0.231 e. The van der Waals surface area contributed by atoms with Crippen LogP contribution in [0.25, 0.3) is 0 Å². The van der Waals surface area contributed by atoms with E-state index in [0.717, 1.165) is 31.2 Å². The number of benzene rings is 1. The van der Waals surface area contributed by atoms with Crippen molar-refractivity contribution in [2.75, 3.05) is 0 Å². The van der Waals surface area contributed by atoms with Crippen LogP contribution in [-0.2, 0) is 16.0 Å². The third kappa shape index (κ3) is 2.66. The Hall–Kier alpha value is -1.39. The van der Waals surface area contributed by atoms with E-state index < -0.39 is 17.6 Å². The van der Waals surface area contributed by atoms with Crippen molar-refractivity contribution < 1.29 is 14.6 Å². The number of carbonyl (C=O) groups is 1. The van der Waals surface area contributed by atoms with E-state index in [1.54, 1.807) is 4.90 Å². The van der Waals surface area contributed by atoms with E-state index >= 15 is 0 Å². The van der Waals surface area contributed by atoms with E-state index in [0.29, 0.717) is 6.42 Å². The van der Waals surface area contributed by atoms with E-state index in [-0.39, 0.29) is 5.91 Å². The summed E-state index contributed by atoms with van der Waals surface area (Å²) in [6.07, 6.45) is 4.29. The molecule has 1 saturated carbocycles. The predicted octanol–water partition coefficient (Wildman–Crippen LogP) is 2.85. The van der Waals surface area contributed by atoms with Gasteiger partial charge in [0.1, 0.15) is 11.3 Å². The summed E-state index contributed by atoms with van der Waals surface area (Å²) in [4.78, 5) is 14.5. The van der Waals surface area contributed by atoms with Crippen LogP contribution in [0.5, 0.6) is 0 Å². The van der Waals surface area contributed by atoms with E-state index in [1.807, 2.05) is 44.2 Å². The topological polar surface area (TPSA) is 49.8 Å². The summed E-state index contributed by atoms with van der Waals surface area (Å²) in [7, 11) is 0. The van der Waals surface area contributed by atoms with Crippen molar-refractivity contribution in [3.63, 3.8) is 0 Å². The van der Waals surface area contributed by atoms with Gasteiger partial charge in [0.2, 0.25) is 5.91 Å². The molecule has 0 bridgehead atoms. The standard InChI is InChI=1S/C18H25NO3/c1-17(2)16(21)19(18(22-17)11-7-4-8-12-18)15(20)13-14-9-5-3-6-10-14/h3,5-6,9-10,16,21H,4,7-8,11-13H2,1-2H3. The van der Waals surface area contributed by atoms with Gasteiger partial charge in [-0.1, -0.05) is 36.8 Å². The Labute approximate surface area is 132 Å². The molecule has 1 aliphatic carbocycles. The summed E-state index contributed by atoms with van der Waals surface area (Å²) in [6, 6.07) is 9.69. The second-order valence-electron chi connectivity index (χ2n) is 7.01. The molecule has 1 amide bonds. The Morgan fingerprint density at radius 2 is 1.86 bits per heavy atom. The number of hydrogen-bond acceptors (Lipinski definition) is 3. The highest BCUT2D eigenvalue weighted by molar-refractivity contribution is 5.80. The minimum atomic E-state index is -0.887. The zero-order valence-corrected chi connectivity index (χ0v) is 13.4. The van der Waals surface area contributed by atoms with Crippen LogP contribution in [0.2, 0.25) is 0 Å². The molecule has 2 fully saturated rings. The van der Waals surface area contributed by atoms with Crippen molar-refractivity contribution in [2.45, 2.75) is 69.9 Å². The van der Waals surface area contributed by atoms with Crippen LogP contribution in [0, 0.1) is 0 Å². The zero-order valence-electron chi connectivity index (χ0n) is 13.4. The maximum absolute atomic E-state index is 12.9. The van der Waals surface area contributed by atoms with E-state index in [9.17, 15) is 9.90 Å².